The van der Waals surface area contributed by atoms with Gasteiger partial charge in [0.1, 0.15) is 0 Å². The van der Waals surface area contributed by atoms with E-state index in [1.54, 1.807) is 0 Å². The molecule has 1 unspecified atom stereocenters. The fourth-order valence-corrected chi connectivity index (χ4v) is 1.96. The molecule has 0 fully saturated rings. The first-order valence-corrected chi connectivity index (χ1v) is 7.21. The summed E-state index contributed by atoms with van der Waals surface area (Å²) in [4.78, 5) is 13.8. The van der Waals surface area contributed by atoms with Gasteiger partial charge in [0.25, 0.3) is 0 Å². The second-order valence-electron chi connectivity index (χ2n) is 5.52. The van der Waals surface area contributed by atoms with E-state index >= 15 is 0 Å². The number of carbonyl (C=O) groups is 1. The number of halogens is 1. The molecule has 1 atom stereocenters. The minimum absolute atomic E-state index is 0.122. The first kappa shape index (κ1) is 16.8. The summed E-state index contributed by atoms with van der Waals surface area (Å²) in [5.74, 6) is 0.446. The minimum Gasteiger partial charge on any atom is -0.338 e. The van der Waals surface area contributed by atoms with Gasteiger partial charge in [-0.2, -0.15) is 0 Å². The third kappa shape index (κ3) is 5.80. The number of urea groups is 1. The molecule has 0 bridgehead atoms. The normalized spacial score (nSPS) is 12.6. The van der Waals surface area contributed by atoms with Crippen molar-refractivity contribution in [2.75, 3.05) is 27.2 Å². The van der Waals surface area contributed by atoms with Crippen LogP contribution < -0.4 is 10.6 Å². The summed E-state index contributed by atoms with van der Waals surface area (Å²) in [6.07, 6.45) is 0. The first-order chi connectivity index (χ1) is 9.40. The van der Waals surface area contributed by atoms with E-state index in [9.17, 15) is 4.79 Å². The van der Waals surface area contributed by atoms with E-state index in [0.29, 0.717) is 24.0 Å². The van der Waals surface area contributed by atoms with Crippen molar-refractivity contribution in [1.82, 2.24) is 15.5 Å². The van der Waals surface area contributed by atoms with Crippen LogP contribution in [-0.2, 0) is 0 Å². The van der Waals surface area contributed by atoms with Gasteiger partial charge < -0.3 is 15.5 Å². The molecule has 2 amide bonds. The molecule has 0 spiro atoms. The number of nitrogens with zero attached hydrogens (tertiary/aromatic N) is 1. The van der Waals surface area contributed by atoms with Gasteiger partial charge in [-0.3, -0.25) is 0 Å². The number of hydrogen-bond donors (Lipinski definition) is 2. The van der Waals surface area contributed by atoms with Crippen molar-refractivity contribution in [2.24, 2.45) is 5.92 Å². The number of hydrogen-bond acceptors (Lipinski definition) is 2. The molecule has 0 aliphatic rings. The Balaban J connectivity index is 2.56. The van der Waals surface area contributed by atoms with Crippen LogP contribution in [-0.4, -0.2) is 38.1 Å². The van der Waals surface area contributed by atoms with Crippen molar-refractivity contribution < 1.29 is 4.79 Å². The summed E-state index contributed by atoms with van der Waals surface area (Å²) in [5.41, 5.74) is 1.13. The van der Waals surface area contributed by atoms with Crippen molar-refractivity contribution >= 4 is 17.6 Å². The van der Waals surface area contributed by atoms with Gasteiger partial charge in [0.15, 0.2) is 0 Å². The summed E-state index contributed by atoms with van der Waals surface area (Å²) < 4.78 is 0. The maximum Gasteiger partial charge on any atom is 0.314 e. The average molecular weight is 298 g/mol. The van der Waals surface area contributed by atoms with Crippen LogP contribution in [0.15, 0.2) is 24.3 Å². The second kappa shape index (κ2) is 8.12. The largest absolute Gasteiger partial charge is 0.338 e. The summed E-state index contributed by atoms with van der Waals surface area (Å²) in [7, 11) is 3.99. The van der Waals surface area contributed by atoms with Crippen LogP contribution in [0, 0.1) is 5.92 Å². The zero-order valence-electron chi connectivity index (χ0n) is 12.6. The molecular weight excluding hydrogens is 274 g/mol. The van der Waals surface area contributed by atoms with E-state index in [0.717, 1.165) is 5.56 Å². The van der Waals surface area contributed by atoms with Crippen molar-refractivity contribution in [3.8, 4) is 0 Å². The van der Waals surface area contributed by atoms with E-state index in [1.165, 1.54) is 0 Å². The predicted molar refractivity (Wildman–Crippen MR) is 84.1 cm³/mol. The van der Waals surface area contributed by atoms with Gasteiger partial charge in [0.2, 0.25) is 0 Å². The molecule has 0 saturated heterocycles. The maximum absolute atomic E-state index is 11.7. The lowest BCUT2D eigenvalue weighted by Gasteiger charge is -2.25. The zero-order chi connectivity index (χ0) is 15.1. The molecule has 20 heavy (non-hydrogen) atoms. The molecule has 0 aliphatic heterocycles. The fourth-order valence-electron chi connectivity index (χ4n) is 1.83. The third-order valence-corrected chi connectivity index (χ3v) is 3.26. The Bertz CT molecular complexity index is 418. The van der Waals surface area contributed by atoms with Gasteiger partial charge in [0, 0.05) is 18.1 Å². The number of benzene rings is 1. The van der Waals surface area contributed by atoms with Gasteiger partial charge in [-0.15, -0.1) is 0 Å². The molecule has 5 heteroatoms. The van der Waals surface area contributed by atoms with E-state index in [4.69, 9.17) is 11.6 Å². The Morgan fingerprint density at radius 3 is 2.20 bits per heavy atom. The SMILES string of the molecule is CC(C)CNC(=O)NCC(c1ccc(Cl)cc1)N(C)C. The van der Waals surface area contributed by atoms with Crippen LogP contribution in [0.1, 0.15) is 25.5 Å². The fraction of sp³-hybridized carbons (Fsp3) is 0.533. The number of likely N-dealkylation sites (N-methyl/N-ethyl adjacent to an activating group) is 1. The van der Waals surface area contributed by atoms with E-state index in [1.807, 2.05) is 38.4 Å². The molecule has 0 radical (unpaired) electrons. The van der Waals surface area contributed by atoms with Gasteiger partial charge in [-0.05, 0) is 37.7 Å². The van der Waals surface area contributed by atoms with Crippen LogP contribution in [0.2, 0.25) is 5.02 Å². The highest BCUT2D eigenvalue weighted by molar-refractivity contribution is 6.30. The lowest BCUT2D eigenvalue weighted by molar-refractivity contribution is 0.231. The Kier molecular flexibility index (Phi) is 6.82. The highest BCUT2D eigenvalue weighted by atomic mass is 35.5. The Morgan fingerprint density at radius 1 is 1.15 bits per heavy atom. The summed E-state index contributed by atoms with van der Waals surface area (Å²) in [5, 5.41) is 6.47. The van der Waals surface area contributed by atoms with Crippen molar-refractivity contribution in [1.29, 1.82) is 0 Å². The number of rotatable bonds is 6. The summed E-state index contributed by atoms with van der Waals surface area (Å²) in [6.45, 7) is 5.37. The molecule has 2 N–H and O–H groups in total. The third-order valence-electron chi connectivity index (χ3n) is 3.00. The minimum atomic E-state index is -0.125. The summed E-state index contributed by atoms with van der Waals surface area (Å²) in [6, 6.07) is 7.71. The lowest BCUT2D eigenvalue weighted by atomic mass is 10.1. The number of amides is 2. The predicted octanol–water partition coefficient (Wildman–Crippen LogP) is 2.90. The molecular formula is C15H24ClN3O. The van der Waals surface area contributed by atoms with Crippen LogP contribution in [0.25, 0.3) is 0 Å². The molecule has 1 aromatic rings. The van der Waals surface area contributed by atoms with Crippen LogP contribution in [0.3, 0.4) is 0 Å². The van der Waals surface area contributed by atoms with Gasteiger partial charge >= 0.3 is 6.03 Å². The second-order valence-corrected chi connectivity index (χ2v) is 5.95. The smallest absolute Gasteiger partial charge is 0.314 e. The Labute approximate surface area is 126 Å². The quantitative estimate of drug-likeness (QED) is 0.848. The van der Waals surface area contributed by atoms with Gasteiger partial charge in [-0.25, -0.2) is 4.79 Å². The van der Waals surface area contributed by atoms with E-state index in [2.05, 4.69) is 29.4 Å². The molecule has 0 heterocycles. The number of carbonyl (C=O) groups excluding carboxylic acids is 1. The molecule has 4 nitrogen and oxygen atoms in total. The molecule has 1 rings (SSSR count). The van der Waals surface area contributed by atoms with Crippen LogP contribution >= 0.6 is 11.6 Å². The zero-order valence-corrected chi connectivity index (χ0v) is 13.4. The standard InChI is InChI=1S/C15H24ClN3O/c1-11(2)9-17-15(20)18-10-14(19(3)4)12-5-7-13(16)8-6-12/h5-8,11,14H,9-10H2,1-4H3,(H2,17,18,20). The van der Waals surface area contributed by atoms with Crippen molar-refractivity contribution in [3.63, 3.8) is 0 Å². The topological polar surface area (TPSA) is 44.4 Å². The highest BCUT2D eigenvalue weighted by Gasteiger charge is 2.15. The first-order valence-electron chi connectivity index (χ1n) is 6.83. The molecule has 0 aromatic heterocycles. The average Bonchev–Trinajstić information content (AvgIpc) is 2.38. The Hall–Kier alpha value is -1.26. The Morgan fingerprint density at radius 2 is 1.70 bits per heavy atom. The molecule has 1 aromatic carbocycles. The molecule has 0 saturated carbocycles. The number of nitrogens with one attached hydrogen (secondary N) is 2. The van der Waals surface area contributed by atoms with E-state index in [-0.39, 0.29) is 12.1 Å². The highest BCUT2D eigenvalue weighted by Crippen LogP contribution is 2.19. The van der Waals surface area contributed by atoms with E-state index < -0.39 is 0 Å². The monoisotopic (exact) mass is 297 g/mol. The summed E-state index contributed by atoms with van der Waals surface area (Å²) >= 11 is 5.90. The maximum atomic E-state index is 11.7. The van der Waals surface area contributed by atoms with Crippen molar-refractivity contribution in [3.05, 3.63) is 34.9 Å². The van der Waals surface area contributed by atoms with Gasteiger partial charge in [-0.1, -0.05) is 37.6 Å². The molecule has 112 valence electrons. The van der Waals surface area contributed by atoms with Crippen molar-refractivity contribution in [2.45, 2.75) is 19.9 Å². The van der Waals surface area contributed by atoms with Gasteiger partial charge in [0.05, 0.1) is 6.04 Å². The van der Waals surface area contributed by atoms with Crippen LogP contribution in [0.4, 0.5) is 4.79 Å². The molecule has 0 aliphatic carbocycles. The lowest BCUT2D eigenvalue weighted by Crippen LogP contribution is -2.41. The van der Waals surface area contributed by atoms with Crippen LogP contribution in [0.5, 0.6) is 0 Å².